The minimum atomic E-state index is -2.19. The Bertz CT molecular complexity index is 75.7. The molecule has 2 radical (unpaired) electrons. The molecule has 0 rings (SSSR count). The van der Waals surface area contributed by atoms with E-state index in [0.717, 1.165) is 0 Å². The molecule has 0 aromatic carbocycles. The van der Waals surface area contributed by atoms with Crippen LogP contribution >= 0.6 is 0 Å². The summed E-state index contributed by atoms with van der Waals surface area (Å²) in [4.78, 5) is 17.9. The van der Waals surface area contributed by atoms with Crippen LogP contribution in [0.1, 0.15) is 0 Å². The fraction of sp³-hybridized carbons (Fsp3) is 0. The number of carboxylic acid groups (broad SMARTS) is 2. The molecule has 0 atom stereocenters. The van der Waals surface area contributed by atoms with Crippen LogP contribution in [0.2, 0.25) is 0 Å². The average Bonchev–Trinajstić information content (AvgIpc) is 1.36. The predicted octanol–water partition coefficient (Wildman–Crippen LogP) is -3.89. The molecule has 7 heavy (non-hydrogen) atoms. The summed E-state index contributed by atoms with van der Waals surface area (Å²) in [7, 11) is 0. The Morgan fingerprint density at radius 3 is 1.14 bits per heavy atom. The van der Waals surface area contributed by atoms with Gasteiger partial charge in [0.2, 0.25) is 0 Å². The van der Waals surface area contributed by atoms with E-state index in [-0.39, 0.29) is 27.3 Å². The number of aliphatic carboxylic acids is 2. The van der Waals surface area contributed by atoms with Gasteiger partial charge >= 0.3 is 27.3 Å². The molecule has 0 spiro atoms. The van der Waals surface area contributed by atoms with E-state index in [4.69, 9.17) is 19.8 Å². The fourth-order valence-corrected chi connectivity index (χ4v) is 0. The van der Waals surface area contributed by atoms with Crippen molar-refractivity contribution in [2.24, 2.45) is 0 Å². The molecular weight excluding hydrogens is 295 g/mol. The van der Waals surface area contributed by atoms with Gasteiger partial charge in [-0.15, -0.1) is 0 Å². The molecule has 0 bridgehead atoms. The van der Waals surface area contributed by atoms with Crippen molar-refractivity contribution >= 4 is 39.2 Å². The number of hydrogen-bond donors (Lipinski definition) is 0. The Morgan fingerprint density at radius 1 is 1.00 bits per heavy atom. The molecule has 0 fully saturated rings. The van der Waals surface area contributed by atoms with Crippen LogP contribution in [-0.4, -0.2) is 39.2 Å². The molecule has 0 N–H and O–H groups in total. The second-order valence-electron chi connectivity index (χ2n) is 0.575. The smallest absolute Gasteiger partial charge is 0.543 e. The maximum absolute atomic E-state index is 8.93. The van der Waals surface area contributed by atoms with Crippen LogP contribution in [0.4, 0.5) is 0 Å². The van der Waals surface area contributed by atoms with Crippen molar-refractivity contribution in [2.45, 2.75) is 0 Å². The van der Waals surface area contributed by atoms with E-state index < -0.39 is 11.9 Å². The summed E-state index contributed by atoms with van der Waals surface area (Å²) in [6, 6.07) is 0. The molecule has 5 heteroatoms. The van der Waals surface area contributed by atoms with E-state index in [1.54, 1.807) is 0 Å². The summed E-state index contributed by atoms with van der Waals surface area (Å²) in [6.07, 6.45) is 0. The van der Waals surface area contributed by atoms with Gasteiger partial charge in [0, 0.05) is 0 Å². The van der Waals surface area contributed by atoms with E-state index in [1.807, 2.05) is 0 Å². The number of hydrogen-bond acceptors (Lipinski definition) is 4. The van der Waals surface area contributed by atoms with Crippen molar-refractivity contribution in [1.29, 1.82) is 0 Å². The average molecular weight is 295 g/mol. The summed E-state index contributed by atoms with van der Waals surface area (Å²) in [5.41, 5.74) is 0. The molecule has 0 saturated carbocycles. The molecular formula is C2O4Pb. The normalized spacial score (nSPS) is 6.29. The van der Waals surface area contributed by atoms with E-state index in [9.17, 15) is 0 Å². The third-order valence-electron chi connectivity index (χ3n) is 0.167. The molecule has 0 amide bonds. The van der Waals surface area contributed by atoms with Crippen LogP contribution in [0.5, 0.6) is 0 Å². The maximum Gasteiger partial charge on any atom is 2.00 e. The molecule has 0 aromatic heterocycles. The number of rotatable bonds is 0. The number of carbonyl (C=O) groups is 2. The molecule has 0 aliphatic rings. The first kappa shape index (κ1) is 9.98. The summed E-state index contributed by atoms with van der Waals surface area (Å²) >= 11 is 0. The minimum Gasteiger partial charge on any atom is -0.543 e. The zero-order valence-corrected chi connectivity index (χ0v) is 7.02. The molecule has 0 saturated heterocycles. The summed E-state index contributed by atoms with van der Waals surface area (Å²) in [5.74, 6) is -4.37. The van der Waals surface area contributed by atoms with Crippen LogP contribution in [0.25, 0.3) is 0 Å². The van der Waals surface area contributed by atoms with Crippen LogP contribution in [0.3, 0.4) is 0 Å². The van der Waals surface area contributed by atoms with Gasteiger partial charge in [-0.25, -0.2) is 0 Å². The van der Waals surface area contributed by atoms with Crippen molar-refractivity contribution in [3.8, 4) is 0 Å². The van der Waals surface area contributed by atoms with Gasteiger partial charge < -0.3 is 19.8 Å². The Balaban J connectivity index is 0. The van der Waals surface area contributed by atoms with Crippen molar-refractivity contribution in [2.75, 3.05) is 0 Å². The van der Waals surface area contributed by atoms with Crippen molar-refractivity contribution in [3.05, 3.63) is 0 Å². The van der Waals surface area contributed by atoms with Crippen LogP contribution < -0.4 is 10.2 Å². The van der Waals surface area contributed by atoms with Gasteiger partial charge in [0.15, 0.2) is 0 Å². The Labute approximate surface area is 59.3 Å². The van der Waals surface area contributed by atoms with E-state index in [0.29, 0.717) is 0 Å². The Kier molecular flexibility index (Phi) is 5.75. The van der Waals surface area contributed by atoms with E-state index in [2.05, 4.69) is 0 Å². The van der Waals surface area contributed by atoms with E-state index in [1.165, 1.54) is 0 Å². The minimum absolute atomic E-state index is 0. The molecule has 36 valence electrons. The third kappa shape index (κ3) is 5.86. The molecule has 4 nitrogen and oxygen atoms in total. The van der Waals surface area contributed by atoms with Crippen molar-refractivity contribution < 1.29 is 19.8 Å². The van der Waals surface area contributed by atoms with Gasteiger partial charge in [-0.3, -0.25) is 0 Å². The van der Waals surface area contributed by atoms with Crippen LogP contribution in [0.15, 0.2) is 0 Å². The zero-order chi connectivity index (χ0) is 5.15. The first-order chi connectivity index (χ1) is 2.64. The third-order valence-corrected chi connectivity index (χ3v) is 0.167. The van der Waals surface area contributed by atoms with Crippen molar-refractivity contribution in [3.63, 3.8) is 0 Å². The van der Waals surface area contributed by atoms with Crippen LogP contribution in [-0.2, 0) is 9.59 Å². The van der Waals surface area contributed by atoms with Crippen molar-refractivity contribution in [1.82, 2.24) is 0 Å². The van der Waals surface area contributed by atoms with Gasteiger partial charge in [-0.05, 0) is 0 Å². The SMILES string of the molecule is O=C([O-])C(=O)[O-].[Pb+2]. The van der Waals surface area contributed by atoms with Gasteiger partial charge in [0.25, 0.3) is 0 Å². The molecule has 0 aliphatic heterocycles. The van der Waals surface area contributed by atoms with Gasteiger partial charge in [-0.2, -0.15) is 0 Å². The second kappa shape index (κ2) is 4.03. The first-order valence-corrected chi connectivity index (χ1v) is 1.07. The maximum atomic E-state index is 8.93. The largest absolute Gasteiger partial charge is 2.00 e. The van der Waals surface area contributed by atoms with Gasteiger partial charge in [-0.1, -0.05) is 0 Å². The molecule has 0 unspecified atom stereocenters. The summed E-state index contributed by atoms with van der Waals surface area (Å²) in [6.45, 7) is 0. The Hall–Kier alpha value is -0.138. The topological polar surface area (TPSA) is 80.3 Å². The van der Waals surface area contributed by atoms with Gasteiger partial charge in [0.1, 0.15) is 0 Å². The number of carbonyl (C=O) groups excluding carboxylic acids is 2. The fourth-order valence-electron chi connectivity index (χ4n) is 0. The van der Waals surface area contributed by atoms with E-state index >= 15 is 0 Å². The summed E-state index contributed by atoms with van der Waals surface area (Å²) in [5, 5.41) is 17.9. The number of carboxylic acids is 2. The second-order valence-corrected chi connectivity index (χ2v) is 0.575. The molecule has 0 heterocycles. The summed E-state index contributed by atoms with van der Waals surface area (Å²) < 4.78 is 0. The van der Waals surface area contributed by atoms with Gasteiger partial charge in [0.05, 0.1) is 11.9 Å². The molecule has 0 aliphatic carbocycles. The Morgan fingerprint density at radius 2 is 1.14 bits per heavy atom. The zero-order valence-electron chi connectivity index (χ0n) is 3.13. The monoisotopic (exact) mass is 296 g/mol. The predicted molar refractivity (Wildman–Crippen MR) is 15.8 cm³/mol. The standard InChI is InChI=1S/C2H2O4.Pb/c3-1(4)2(5)6;/h(H,3,4)(H,5,6);/q;+2/p-2. The first-order valence-electron chi connectivity index (χ1n) is 1.07. The quantitative estimate of drug-likeness (QED) is 0.338. The molecule has 0 aromatic rings. The van der Waals surface area contributed by atoms with Crippen LogP contribution in [0, 0.1) is 0 Å².